The number of aliphatic carboxylic acids is 2. The first kappa shape index (κ1) is 24.6. The molecule has 0 aliphatic rings. The zero-order valence-corrected chi connectivity index (χ0v) is 17.4. The first-order chi connectivity index (χ1) is 7.37. The van der Waals surface area contributed by atoms with Crippen molar-refractivity contribution in [2.75, 3.05) is 0 Å². The fourth-order valence-corrected chi connectivity index (χ4v) is 1.65. The summed E-state index contributed by atoms with van der Waals surface area (Å²) in [5.74, 6) is -3.59. The van der Waals surface area contributed by atoms with Crippen LogP contribution in [0.2, 0.25) is 0 Å². The summed E-state index contributed by atoms with van der Waals surface area (Å²) in [6.45, 7) is 4.87. The average molecular weight is 290 g/mol. The molecule has 0 radical (unpaired) electrons. The molecule has 0 spiro atoms. The van der Waals surface area contributed by atoms with Crippen LogP contribution in [0.1, 0.15) is 52.9 Å². The third-order valence-corrected chi connectivity index (χ3v) is 3.32. The molecule has 0 heterocycles. The third kappa shape index (κ3) is 7.38. The summed E-state index contributed by atoms with van der Waals surface area (Å²) >= 11 is 0. The molecule has 0 bridgehead atoms. The molecule has 0 saturated carbocycles. The molecule has 0 aliphatic carbocycles. The number of carboxylic acids is 2. The van der Waals surface area contributed by atoms with Crippen LogP contribution in [0.15, 0.2) is 0 Å². The smallest absolute Gasteiger partial charge is 0.549 e. The Bertz CT molecular complexity index is 244. The van der Waals surface area contributed by atoms with Crippen LogP contribution >= 0.6 is 0 Å². The molecule has 0 saturated heterocycles. The van der Waals surface area contributed by atoms with Gasteiger partial charge in [0.25, 0.3) is 0 Å². The predicted molar refractivity (Wildman–Crippen MR) is 56.0 cm³/mol. The number of rotatable bonds is 8. The van der Waals surface area contributed by atoms with Gasteiger partial charge in [0, 0.05) is 5.41 Å². The summed E-state index contributed by atoms with van der Waals surface area (Å²) in [5, 5.41) is 21.7. The number of hydrogen-bond donors (Lipinski definition) is 0. The van der Waals surface area contributed by atoms with Gasteiger partial charge in [-0.15, -0.1) is 0 Å². The second kappa shape index (κ2) is 12.3. The van der Waals surface area contributed by atoms with Crippen molar-refractivity contribution in [1.82, 2.24) is 0 Å². The van der Waals surface area contributed by atoms with Gasteiger partial charge in [0.05, 0.1) is 11.9 Å². The summed E-state index contributed by atoms with van der Waals surface area (Å²) in [6, 6.07) is 0. The second-order valence-electron chi connectivity index (χ2n) is 4.53. The Balaban J connectivity index is -0.00000112. The van der Waals surface area contributed by atoms with Crippen LogP contribution in [0.3, 0.4) is 0 Å². The largest absolute Gasteiger partial charge is 1.00 e. The molecule has 1 unspecified atom stereocenters. The van der Waals surface area contributed by atoms with E-state index in [1.54, 1.807) is 6.92 Å². The Morgan fingerprint density at radius 1 is 1.11 bits per heavy atom. The molecule has 1 atom stereocenters. The van der Waals surface area contributed by atoms with E-state index >= 15 is 0 Å². The van der Waals surface area contributed by atoms with E-state index in [0.717, 1.165) is 25.7 Å². The summed E-state index contributed by atoms with van der Waals surface area (Å²) in [6.07, 6.45) is 4.58. The summed E-state index contributed by atoms with van der Waals surface area (Å²) in [4.78, 5) is 21.7. The van der Waals surface area contributed by atoms with E-state index in [0.29, 0.717) is 6.42 Å². The van der Waals surface area contributed by atoms with Crippen LogP contribution in [0.5, 0.6) is 0 Å². The van der Waals surface area contributed by atoms with Gasteiger partial charge >= 0.3 is 80.9 Å². The van der Waals surface area contributed by atoms with Crippen LogP contribution in [0.25, 0.3) is 0 Å². The zero-order chi connectivity index (χ0) is 12.8. The Kier molecular flexibility index (Phi) is 16.8. The maximum absolute atomic E-state index is 10.9. The molecular weight excluding hydrogens is 270 g/mol. The molecule has 0 rings (SSSR count). The first-order valence-electron chi connectivity index (χ1n) is 5.80. The first-order valence-corrected chi connectivity index (χ1v) is 5.80. The van der Waals surface area contributed by atoms with Gasteiger partial charge in [-0.1, -0.05) is 39.5 Å². The number of carbonyl (C=O) groups excluding carboxylic acids is 2. The molecule has 0 fully saturated rings. The van der Waals surface area contributed by atoms with E-state index in [1.165, 1.54) is 6.92 Å². The molecule has 0 aromatic rings. The summed E-state index contributed by atoms with van der Waals surface area (Å²) < 4.78 is 0. The molecule has 6 heteroatoms. The standard InChI is InChI=1S/C12H22O4.K.Na/c1-4-5-6-7-8-9(2)12(3,10(13)14)11(15)16;;/h9H,4-8H2,1-3H3,(H,13,14)(H,15,16);;/q;2*+1/p-2. The van der Waals surface area contributed by atoms with Crippen molar-refractivity contribution in [1.29, 1.82) is 0 Å². The Labute approximate surface area is 174 Å². The van der Waals surface area contributed by atoms with E-state index in [4.69, 9.17) is 0 Å². The van der Waals surface area contributed by atoms with Crippen LogP contribution in [0, 0.1) is 11.3 Å². The van der Waals surface area contributed by atoms with Crippen molar-refractivity contribution < 1.29 is 101 Å². The molecule has 94 valence electrons. The minimum atomic E-state index is -1.88. The molecule has 0 aliphatic heterocycles. The Morgan fingerprint density at radius 2 is 1.56 bits per heavy atom. The monoisotopic (exact) mass is 290 g/mol. The fourth-order valence-electron chi connectivity index (χ4n) is 1.65. The summed E-state index contributed by atoms with van der Waals surface area (Å²) in [7, 11) is 0. The molecule has 0 N–H and O–H groups in total. The quantitative estimate of drug-likeness (QED) is 0.253. The SMILES string of the molecule is CCCCCCC(C)C(C)(C(=O)[O-])C(=O)[O-].[K+].[Na+]. The summed E-state index contributed by atoms with van der Waals surface area (Å²) in [5.41, 5.74) is -1.88. The third-order valence-electron chi connectivity index (χ3n) is 3.32. The van der Waals surface area contributed by atoms with Crippen molar-refractivity contribution in [2.45, 2.75) is 52.9 Å². The van der Waals surface area contributed by atoms with Gasteiger partial charge in [0.15, 0.2) is 0 Å². The maximum atomic E-state index is 10.9. The van der Waals surface area contributed by atoms with Crippen LogP contribution in [0.4, 0.5) is 0 Å². The molecule has 18 heavy (non-hydrogen) atoms. The minimum Gasteiger partial charge on any atom is -0.549 e. The van der Waals surface area contributed by atoms with Crippen molar-refractivity contribution in [2.24, 2.45) is 11.3 Å². The topological polar surface area (TPSA) is 80.3 Å². The molecule has 0 aromatic heterocycles. The van der Waals surface area contributed by atoms with Crippen molar-refractivity contribution in [3.8, 4) is 0 Å². The normalized spacial score (nSPS) is 11.9. The van der Waals surface area contributed by atoms with Crippen molar-refractivity contribution in [3.05, 3.63) is 0 Å². The van der Waals surface area contributed by atoms with Crippen LogP contribution in [-0.2, 0) is 9.59 Å². The van der Waals surface area contributed by atoms with E-state index in [-0.39, 0.29) is 80.9 Å². The van der Waals surface area contributed by atoms with Gasteiger partial charge in [0.2, 0.25) is 0 Å². The van der Waals surface area contributed by atoms with Gasteiger partial charge in [-0.25, -0.2) is 0 Å². The average Bonchev–Trinajstić information content (AvgIpc) is 2.22. The number of unbranched alkanes of at least 4 members (excludes halogenated alkanes) is 3. The van der Waals surface area contributed by atoms with Crippen molar-refractivity contribution in [3.63, 3.8) is 0 Å². The molecule has 0 aromatic carbocycles. The maximum Gasteiger partial charge on any atom is 1.00 e. The predicted octanol–water partition coefficient (Wildman–Crippen LogP) is -5.89. The van der Waals surface area contributed by atoms with Crippen LogP contribution < -0.4 is 91.2 Å². The van der Waals surface area contributed by atoms with Gasteiger partial charge in [-0.2, -0.15) is 0 Å². The number of hydrogen-bond acceptors (Lipinski definition) is 4. The van der Waals surface area contributed by atoms with E-state index in [1.807, 2.05) is 0 Å². The Morgan fingerprint density at radius 3 is 1.89 bits per heavy atom. The fraction of sp³-hybridized carbons (Fsp3) is 0.833. The van der Waals surface area contributed by atoms with Gasteiger partial charge < -0.3 is 19.8 Å². The minimum absolute atomic E-state index is 0. The zero-order valence-electron chi connectivity index (χ0n) is 12.2. The van der Waals surface area contributed by atoms with Crippen molar-refractivity contribution >= 4 is 11.9 Å². The van der Waals surface area contributed by atoms with E-state index in [9.17, 15) is 19.8 Å². The number of carbonyl (C=O) groups is 2. The van der Waals surface area contributed by atoms with E-state index < -0.39 is 23.3 Å². The van der Waals surface area contributed by atoms with E-state index in [2.05, 4.69) is 6.92 Å². The van der Waals surface area contributed by atoms with Gasteiger partial charge in [-0.3, -0.25) is 0 Å². The number of carboxylic acid groups (broad SMARTS) is 2. The van der Waals surface area contributed by atoms with Crippen LogP contribution in [-0.4, -0.2) is 11.9 Å². The second-order valence-corrected chi connectivity index (χ2v) is 4.53. The Hall–Kier alpha value is 1.58. The molecular formula is C12H20KNaO4. The molecule has 4 nitrogen and oxygen atoms in total. The van der Waals surface area contributed by atoms with Gasteiger partial charge in [-0.05, 0) is 19.3 Å². The molecule has 0 amide bonds. The van der Waals surface area contributed by atoms with Gasteiger partial charge in [0.1, 0.15) is 0 Å².